The van der Waals surface area contributed by atoms with Crippen molar-refractivity contribution in [3.8, 4) is 11.8 Å². The molecule has 0 unspecified atom stereocenters. The van der Waals surface area contributed by atoms with Crippen molar-refractivity contribution in [1.29, 1.82) is 0 Å². The van der Waals surface area contributed by atoms with E-state index in [1.165, 1.54) is 0 Å². The van der Waals surface area contributed by atoms with Crippen LogP contribution in [0.4, 0.5) is 0 Å². The minimum absolute atomic E-state index is 0.138. The van der Waals surface area contributed by atoms with Gasteiger partial charge in [0.05, 0.1) is 5.56 Å². The Kier molecular flexibility index (Phi) is 3.24. The molecule has 0 aromatic carbocycles. The van der Waals surface area contributed by atoms with Crippen LogP contribution in [0.25, 0.3) is 0 Å². The minimum atomic E-state index is -3.64. The molecule has 0 saturated carbocycles. The van der Waals surface area contributed by atoms with Gasteiger partial charge in [0, 0.05) is 5.41 Å². The van der Waals surface area contributed by atoms with Gasteiger partial charge in [-0.05, 0) is 32.2 Å². The average molecular weight is 243 g/mol. The monoisotopic (exact) mass is 243 g/mol. The Bertz CT molecular complexity index is 510. The molecule has 0 spiro atoms. The molecule has 1 heterocycles. The SMILES string of the molecule is CC(C)(C)C#Cc1ccsc1S(N)(=O)=O. The highest BCUT2D eigenvalue weighted by atomic mass is 32.2. The fourth-order valence-corrected chi connectivity index (χ4v) is 2.57. The lowest BCUT2D eigenvalue weighted by molar-refractivity contribution is 0.571. The molecule has 0 aliphatic carbocycles. The third-order valence-electron chi connectivity index (χ3n) is 1.46. The third-order valence-corrected chi connectivity index (χ3v) is 3.89. The first-order valence-corrected chi connectivity index (χ1v) is 6.76. The second-order valence-electron chi connectivity index (χ2n) is 4.17. The predicted octanol–water partition coefficient (Wildman–Crippen LogP) is 1.79. The molecule has 1 aromatic heterocycles. The van der Waals surface area contributed by atoms with Crippen LogP contribution in [0.15, 0.2) is 15.7 Å². The van der Waals surface area contributed by atoms with Gasteiger partial charge >= 0.3 is 0 Å². The Hall–Kier alpha value is -0.830. The summed E-state index contributed by atoms with van der Waals surface area (Å²) in [6.07, 6.45) is 0. The number of sulfonamides is 1. The molecule has 0 aliphatic heterocycles. The maximum atomic E-state index is 11.2. The molecule has 0 amide bonds. The summed E-state index contributed by atoms with van der Waals surface area (Å²) in [4.78, 5) is 0. The van der Waals surface area contributed by atoms with Crippen molar-refractivity contribution in [3.05, 3.63) is 17.0 Å². The van der Waals surface area contributed by atoms with Crippen LogP contribution in [0.5, 0.6) is 0 Å². The summed E-state index contributed by atoms with van der Waals surface area (Å²) < 4.78 is 22.5. The fourth-order valence-electron chi connectivity index (χ4n) is 0.863. The highest BCUT2D eigenvalue weighted by molar-refractivity contribution is 7.91. The highest BCUT2D eigenvalue weighted by Crippen LogP contribution is 2.21. The molecule has 0 fully saturated rings. The predicted molar refractivity (Wildman–Crippen MR) is 62.0 cm³/mol. The molecule has 0 radical (unpaired) electrons. The lowest BCUT2D eigenvalue weighted by atomic mass is 9.98. The van der Waals surface area contributed by atoms with Crippen LogP contribution < -0.4 is 5.14 Å². The van der Waals surface area contributed by atoms with Gasteiger partial charge < -0.3 is 0 Å². The molecule has 82 valence electrons. The molecule has 15 heavy (non-hydrogen) atoms. The number of hydrogen-bond acceptors (Lipinski definition) is 3. The lowest BCUT2D eigenvalue weighted by Gasteiger charge is -2.06. The van der Waals surface area contributed by atoms with E-state index in [9.17, 15) is 8.42 Å². The molecule has 0 aliphatic rings. The minimum Gasteiger partial charge on any atom is -0.224 e. The Labute approximate surface area is 94.4 Å². The van der Waals surface area contributed by atoms with Gasteiger partial charge in [-0.15, -0.1) is 11.3 Å². The highest BCUT2D eigenvalue weighted by Gasteiger charge is 2.14. The summed E-state index contributed by atoms with van der Waals surface area (Å²) in [7, 11) is -3.64. The average Bonchev–Trinajstić information content (AvgIpc) is 2.45. The Balaban J connectivity index is 3.18. The molecule has 5 heteroatoms. The van der Waals surface area contributed by atoms with Crippen LogP contribution >= 0.6 is 11.3 Å². The van der Waals surface area contributed by atoms with E-state index in [1.54, 1.807) is 11.4 Å². The Morgan fingerprint density at radius 2 is 2.00 bits per heavy atom. The Morgan fingerprint density at radius 3 is 2.47 bits per heavy atom. The molecule has 1 rings (SSSR count). The van der Waals surface area contributed by atoms with Crippen molar-refractivity contribution < 1.29 is 8.42 Å². The standard InChI is InChI=1S/C10H13NO2S2/c1-10(2,3)6-4-8-5-7-14-9(8)15(11,12)13/h5,7H,1-3H3,(H2,11,12,13). The van der Waals surface area contributed by atoms with E-state index in [0.717, 1.165) is 11.3 Å². The Morgan fingerprint density at radius 1 is 1.40 bits per heavy atom. The fraction of sp³-hybridized carbons (Fsp3) is 0.400. The second kappa shape index (κ2) is 3.97. The molecule has 1 aromatic rings. The van der Waals surface area contributed by atoms with Crippen LogP contribution in [0.3, 0.4) is 0 Å². The van der Waals surface area contributed by atoms with Crippen LogP contribution in [-0.4, -0.2) is 8.42 Å². The van der Waals surface area contributed by atoms with E-state index in [2.05, 4.69) is 11.8 Å². The summed E-state index contributed by atoms with van der Waals surface area (Å²) in [6.45, 7) is 5.88. The van der Waals surface area contributed by atoms with E-state index in [1.807, 2.05) is 20.8 Å². The lowest BCUT2D eigenvalue weighted by Crippen LogP contribution is -2.11. The number of hydrogen-bond donors (Lipinski definition) is 1. The summed E-state index contributed by atoms with van der Waals surface area (Å²) in [5.74, 6) is 5.81. The van der Waals surface area contributed by atoms with Crippen molar-refractivity contribution in [2.75, 3.05) is 0 Å². The van der Waals surface area contributed by atoms with E-state index >= 15 is 0 Å². The zero-order chi connectivity index (χ0) is 11.7. The van der Waals surface area contributed by atoms with Crippen LogP contribution in [0.1, 0.15) is 26.3 Å². The van der Waals surface area contributed by atoms with Crippen molar-refractivity contribution in [2.24, 2.45) is 10.6 Å². The maximum Gasteiger partial charge on any atom is 0.248 e. The number of thiophene rings is 1. The van der Waals surface area contributed by atoms with Gasteiger partial charge in [0.2, 0.25) is 10.0 Å². The number of primary sulfonamides is 1. The first-order chi connectivity index (χ1) is 6.70. The third kappa shape index (κ3) is 3.67. The second-order valence-corrected chi connectivity index (χ2v) is 6.84. The first kappa shape index (κ1) is 12.2. The summed E-state index contributed by atoms with van der Waals surface area (Å²) >= 11 is 1.09. The van der Waals surface area contributed by atoms with Crippen molar-refractivity contribution in [2.45, 2.75) is 25.0 Å². The zero-order valence-corrected chi connectivity index (χ0v) is 10.5. The van der Waals surface area contributed by atoms with Crippen LogP contribution in [-0.2, 0) is 10.0 Å². The van der Waals surface area contributed by atoms with Gasteiger partial charge in [-0.3, -0.25) is 0 Å². The van der Waals surface area contributed by atoms with Gasteiger partial charge in [-0.25, -0.2) is 13.6 Å². The summed E-state index contributed by atoms with van der Waals surface area (Å²) in [6, 6.07) is 1.67. The van der Waals surface area contributed by atoms with Crippen molar-refractivity contribution >= 4 is 21.4 Å². The van der Waals surface area contributed by atoms with E-state index < -0.39 is 10.0 Å². The first-order valence-electron chi connectivity index (χ1n) is 4.33. The largest absolute Gasteiger partial charge is 0.248 e. The van der Waals surface area contributed by atoms with Gasteiger partial charge in [-0.2, -0.15) is 0 Å². The van der Waals surface area contributed by atoms with E-state index in [-0.39, 0.29) is 9.62 Å². The normalized spacial score (nSPS) is 12.0. The van der Waals surface area contributed by atoms with Gasteiger partial charge in [-0.1, -0.05) is 11.8 Å². The van der Waals surface area contributed by atoms with Crippen LogP contribution in [0.2, 0.25) is 0 Å². The number of nitrogens with two attached hydrogens (primary N) is 1. The van der Waals surface area contributed by atoms with Gasteiger partial charge in [0.1, 0.15) is 4.21 Å². The van der Waals surface area contributed by atoms with Crippen molar-refractivity contribution in [1.82, 2.24) is 0 Å². The smallest absolute Gasteiger partial charge is 0.224 e. The van der Waals surface area contributed by atoms with Gasteiger partial charge in [0.15, 0.2) is 0 Å². The topological polar surface area (TPSA) is 60.2 Å². The molecule has 0 bridgehead atoms. The van der Waals surface area contributed by atoms with Gasteiger partial charge in [0.25, 0.3) is 0 Å². The summed E-state index contributed by atoms with van der Waals surface area (Å²) in [5, 5.41) is 6.73. The zero-order valence-electron chi connectivity index (χ0n) is 8.87. The molecule has 3 nitrogen and oxygen atoms in total. The van der Waals surface area contributed by atoms with Crippen molar-refractivity contribution in [3.63, 3.8) is 0 Å². The molecule has 2 N–H and O–H groups in total. The molecule has 0 atom stereocenters. The quantitative estimate of drug-likeness (QED) is 0.764. The maximum absolute atomic E-state index is 11.2. The number of rotatable bonds is 1. The van der Waals surface area contributed by atoms with Crippen LogP contribution in [0, 0.1) is 17.3 Å². The molecule has 0 saturated heterocycles. The summed E-state index contributed by atoms with van der Waals surface area (Å²) in [5.41, 5.74) is 0.329. The molecular weight excluding hydrogens is 230 g/mol. The molecular formula is C10H13NO2S2. The van der Waals surface area contributed by atoms with E-state index in [0.29, 0.717) is 5.56 Å². The van der Waals surface area contributed by atoms with E-state index in [4.69, 9.17) is 5.14 Å².